The maximum absolute atomic E-state index is 10.6. The summed E-state index contributed by atoms with van der Waals surface area (Å²) in [5.74, 6) is -1.01. The monoisotopic (exact) mass is 357 g/mol. The first-order valence-corrected chi connectivity index (χ1v) is 10.1. The first kappa shape index (κ1) is 24.3. The van der Waals surface area contributed by atoms with Crippen molar-refractivity contribution in [2.75, 3.05) is 19.8 Å². The molecule has 0 radical (unpaired) electrons. The molecule has 25 heavy (non-hydrogen) atoms. The fraction of sp³-hybridized carbons (Fsp3) is 0.950. The van der Waals surface area contributed by atoms with Gasteiger partial charge >= 0.3 is 0 Å². The Morgan fingerprint density at radius 3 is 1.88 bits per heavy atom. The van der Waals surface area contributed by atoms with Gasteiger partial charge in [-0.1, -0.05) is 45.4 Å². The van der Waals surface area contributed by atoms with Crippen molar-refractivity contribution in [2.24, 2.45) is 10.9 Å². The van der Waals surface area contributed by atoms with Crippen molar-refractivity contribution in [1.82, 2.24) is 0 Å². The highest BCUT2D eigenvalue weighted by molar-refractivity contribution is 5.33. The van der Waals surface area contributed by atoms with E-state index in [-0.39, 0.29) is 12.0 Å². The fourth-order valence-corrected chi connectivity index (χ4v) is 3.25. The van der Waals surface area contributed by atoms with E-state index < -0.39 is 5.97 Å². The van der Waals surface area contributed by atoms with Crippen LogP contribution in [0.4, 0.5) is 0 Å². The third-order valence-electron chi connectivity index (χ3n) is 4.34. The van der Waals surface area contributed by atoms with Crippen molar-refractivity contribution in [3.63, 3.8) is 0 Å². The zero-order chi connectivity index (χ0) is 19.0. The molecule has 0 N–H and O–H groups in total. The average Bonchev–Trinajstić information content (AvgIpc) is 2.57. The molecular weight excluding hydrogens is 318 g/mol. The molecule has 0 rings (SSSR count). The van der Waals surface area contributed by atoms with Gasteiger partial charge in [0.25, 0.3) is 5.97 Å². The Bertz CT molecular complexity index is 339. The Hall–Kier alpha value is -0.740. The molecule has 2 atom stereocenters. The lowest BCUT2D eigenvalue weighted by Crippen LogP contribution is -2.47. The summed E-state index contributed by atoms with van der Waals surface area (Å²) < 4.78 is 17.9. The second-order valence-electron chi connectivity index (χ2n) is 6.46. The number of hydrogen-bond donors (Lipinski definition) is 0. The summed E-state index contributed by atoms with van der Waals surface area (Å²) in [5, 5.41) is 0. The van der Waals surface area contributed by atoms with E-state index in [0.29, 0.717) is 26.2 Å². The van der Waals surface area contributed by atoms with Gasteiger partial charge in [0.05, 0.1) is 6.04 Å². The molecule has 5 nitrogen and oxygen atoms in total. The fourth-order valence-electron chi connectivity index (χ4n) is 3.25. The van der Waals surface area contributed by atoms with Crippen LogP contribution in [-0.4, -0.2) is 37.9 Å². The van der Waals surface area contributed by atoms with Crippen LogP contribution in [0.1, 0.15) is 86.0 Å². The van der Waals surface area contributed by atoms with E-state index in [1.807, 2.05) is 27.7 Å². The largest absolute Gasteiger partial charge is 0.328 e. The molecule has 148 valence electrons. The number of rotatable bonds is 17. The lowest BCUT2D eigenvalue weighted by molar-refractivity contribution is -0.403. The third kappa shape index (κ3) is 10.1. The lowest BCUT2D eigenvalue weighted by atomic mass is 9.91. The molecule has 0 saturated carbocycles. The van der Waals surface area contributed by atoms with Gasteiger partial charge in [-0.05, 0) is 40.5 Å². The highest BCUT2D eigenvalue weighted by Crippen LogP contribution is 2.34. The van der Waals surface area contributed by atoms with Crippen molar-refractivity contribution < 1.29 is 19.0 Å². The van der Waals surface area contributed by atoms with E-state index in [1.165, 1.54) is 32.1 Å². The quantitative estimate of drug-likeness (QED) is 0.155. The van der Waals surface area contributed by atoms with Crippen LogP contribution in [0.5, 0.6) is 0 Å². The van der Waals surface area contributed by atoms with Crippen LogP contribution in [0.25, 0.3) is 0 Å². The van der Waals surface area contributed by atoms with Crippen molar-refractivity contribution >= 4 is 6.08 Å². The van der Waals surface area contributed by atoms with Gasteiger partial charge in [-0.3, -0.25) is 0 Å². The Morgan fingerprint density at radius 1 is 0.880 bits per heavy atom. The number of unbranched alkanes of at least 4 members (excludes halogenated alkanes) is 5. The number of isocyanates is 1. The smallest absolute Gasteiger partial charge is 0.285 e. The molecule has 0 amide bonds. The van der Waals surface area contributed by atoms with Crippen molar-refractivity contribution in [3.05, 3.63) is 0 Å². The molecule has 0 aliphatic heterocycles. The number of aliphatic imine (C=N–C) groups is 1. The second-order valence-corrected chi connectivity index (χ2v) is 6.46. The van der Waals surface area contributed by atoms with Crippen LogP contribution in [0, 0.1) is 5.92 Å². The molecule has 0 aromatic carbocycles. The number of ether oxygens (including phenoxy) is 3. The first-order chi connectivity index (χ1) is 12.1. The van der Waals surface area contributed by atoms with Gasteiger partial charge in [-0.25, -0.2) is 9.79 Å². The minimum atomic E-state index is -1.05. The maximum atomic E-state index is 10.6. The summed E-state index contributed by atoms with van der Waals surface area (Å²) in [4.78, 5) is 14.5. The minimum Gasteiger partial charge on any atom is -0.328 e. The highest BCUT2D eigenvalue weighted by atomic mass is 16.9. The molecular formula is C20H39NO4. The second kappa shape index (κ2) is 15.5. The van der Waals surface area contributed by atoms with E-state index in [1.54, 1.807) is 6.08 Å². The van der Waals surface area contributed by atoms with Gasteiger partial charge < -0.3 is 14.2 Å². The summed E-state index contributed by atoms with van der Waals surface area (Å²) in [6.07, 6.45) is 10.7. The van der Waals surface area contributed by atoms with Crippen LogP contribution < -0.4 is 0 Å². The molecule has 5 heteroatoms. The third-order valence-corrected chi connectivity index (χ3v) is 4.34. The SMILES string of the molecule is CCCCCCCCC(CC(C)N=C=O)C(OCC)(OCC)OCC. The van der Waals surface area contributed by atoms with E-state index in [2.05, 4.69) is 11.9 Å². The lowest BCUT2D eigenvalue weighted by Gasteiger charge is -2.39. The van der Waals surface area contributed by atoms with Crippen LogP contribution in [0.3, 0.4) is 0 Å². The summed E-state index contributed by atoms with van der Waals surface area (Å²) >= 11 is 0. The molecule has 0 aliphatic carbocycles. The topological polar surface area (TPSA) is 57.1 Å². The normalized spacial score (nSPS) is 14.1. The van der Waals surface area contributed by atoms with Crippen LogP contribution in [0.15, 0.2) is 4.99 Å². The number of nitrogens with zero attached hydrogens (tertiary/aromatic N) is 1. The molecule has 2 unspecified atom stereocenters. The molecule has 0 heterocycles. The number of carbonyl (C=O) groups excluding carboxylic acids is 1. The summed E-state index contributed by atoms with van der Waals surface area (Å²) in [7, 11) is 0. The van der Waals surface area contributed by atoms with Gasteiger partial charge in [0, 0.05) is 25.7 Å². The molecule has 0 fully saturated rings. The Kier molecular flexibility index (Phi) is 15.1. The average molecular weight is 358 g/mol. The summed E-state index contributed by atoms with van der Waals surface area (Å²) in [6, 6.07) is -0.122. The minimum absolute atomic E-state index is 0.0330. The van der Waals surface area contributed by atoms with Crippen LogP contribution in [-0.2, 0) is 19.0 Å². The van der Waals surface area contributed by atoms with E-state index in [0.717, 1.165) is 12.8 Å². The van der Waals surface area contributed by atoms with Gasteiger partial charge in [0.15, 0.2) is 0 Å². The zero-order valence-electron chi connectivity index (χ0n) is 17.0. The van der Waals surface area contributed by atoms with Gasteiger partial charge in [0.1, 0.15) is 0 Å². The van der Waals surface area contributed by atoms with Gasteiger partial charge in [-0.2, -0.15) is 0 Å². The van der Waals surface area contributed by atoms with Crippen molar-refractivity contribution in [3.8, 4) is 0 Å². The van der Waals surface area contributed by atoms with Gasteiger partial charge in [-0.15, -0.1) is 0 Å². The zero-order valence-corrected chi connectivity index (χ0v) is 17.0. The Labute approximate surface area is 154 Å². The predicted molar refractivity (Wildman–Crippen MR) is 101 cm³/mol. The molecule has 0 saturated heterocycles. The highest BCUT2D eigenvalue weighted by Gasteiger charge is 2.42. The van der Waals surface area contributed by atoms with Crippen LogP contribution >= 0.6 is 0 Å². The standard InChI is InChI=1S/C20H39NO4/c1-6-10-11-12-13-14-15-19(16-18(5)21-17-22)20(23-7-2,24-8-3)25-9-4/h18-19H,6-16H2,1-5H3. The molecule has 0 aromatic heterocycles. The Balaban J connectivity index is 5.02. The van der Waals surface area contributed by atoms with Gasteiger partial charge in [0.2, 0.25) is 6.08 Å². The summed E-state index contributed by atoms with van der Waals surface area (Å²) in [5.41, 5.74) is 0. The Morgan fingerprint density at radius 2 is 1.40 bits per heavy atom. The molecule has 0 aliphatic rings. The van der Waals surface area contributed by atoms with Crippen molar-refractivity contribution in [1.29, 1.82) is 0 Å². The maximum Gasteiger partial charge on any atom is 0.285 e. The van der Waals surface area contributed by atoms with E-state index in [9.17, 15) is 4.79 Å². The molecule has 0 bridgehead atoms. The van der Waals surface area contributed by atoms with Crippen LogP contribution in [0.2, 0.25) is 0 Å². The van der Waals surface area contributed by atoms with E-state index in [4.69, 9.17) is 14.2 Å². The predicted octanol–water partition coefficient (Wildman–Crippen LogP) is 5.23. The molecule has 0 aromatic rings. The number of hydrogen-bond acceptors (Lipinski definition) is 5. The van der Waals surface area contributed by atoms with E-state index >= 15 is 0 Å². The summed E-state index contributed by atoms with van der Waals surface area (Å²) in [6.45, 7) is 11.5. The van der Waals surface area contributed by atoms with Crippen molar-refractivity contribution in [2.45, 2.75) is 98.0 Å². The molecule has 0 spiro atoms. The first-order valence-electron chi connectivity index (χ1n) is 10.1.